The number of guanidine groups is 10. The summed E-state index contributed by atoms with van der Waals surface area (Å²) in [4.78, 5) is 34.6. The van der Waals surface area contributed by atoms with Crippen molar-refractivity contribution in [1.29, 1.82) is 0 Å². The maximum atomic E-state index is 5.13. The van der Waals surface area contributed by atoms with Gasteiger partial charge in [-0.05, 0) is 159 Å². The average Bonchev–Trinajstić information content (AvgIpc) is 0.798. The quantitative estimate of drug-likeness (QED) is 0.0285. The zero-order valence-electron chi connectivity index (χ0n) is 81.1. The van der Waals surface area contributed by atoms with Crippen LogP contribution in [0.5, 0.6) is 0 Å². The molecule has 121 heavy (non-hydrogen) atoms. The van der Waals surface area contributed by atoms with Gasteiger partial charge in [-0.15, -0.1) is 0 Å². The minimum Gasteiger partial charge on any atom is -0.341 e. The Balaban J connectivity index is 0.000000324. The van der Waals surface area contributed by atoms with E-state index in [1.165, 1.54) is 119 Å². The molecular formula is C96H166N25+5. The van der Waals surface area contributed by atoms with Crippen molar-refractivity contribution < 1.29 is 22.9 Å². The van der Waals surface area contributed by atoms with Crippen molar-refractivity contribution >= 4 is 88.0 Å². The standard InChI is InChI=1S/C30H47N5.C18H35N5.C18H29N5.C18H23N5.C12H27N5/c1-19(2)23-15-13-16-24(20(3)4)27(23)31-29(33-30(34(9)10)35(11)12)32-28-25(21(5)6)17-14-18-26(28)22(7)8;3*1-22(2)18(23(3)4)21-17(19-15-11-7-5-8-12-15)20-16-13-9-6-10-14-16;1-9(2)13-11(14-10(3)4)15-12(16(5)6)17(7)8/h13-22H,1-12H3,(H,31,32);15-16H,5-14H2,1-4H3,(H,19,20);5,7-8,11-12,16H,6,9-10,13-14H2,1-4H3,(H,19,20);5-14H,1-4H3,(H,19,20);9-10H,1-8H3,(H,13,14)/p+5. The molecule has 0 amide bonds. The molecule has 3 aliphatic rings. The van der Waals surface area contributed by atoms with Crippen LogP contribution in [-0.2, 0) is 0 Å². The summed E-state index contributed by atoms with van der Waals surface area (Å²) in [6, 6.07) is 45.5. The number of hydrogen-bond donors (Lipinski definition) is 10. The molecule has 3 saturated carbocycles. The van der Waals surface area contributed by atoms with Crippen LogP contribution in [0.4, 0.5) is 28.4 Å². The molecule has 5 aromatic rings. The van der Waals surface area contributed by atoms with Gasteiger partial charge in [0.05, 0.1) is 153 Å². The van der Waals surface area contributed by atoms with Crippen LogP contribution in [0.2, 0.25) is 0 Å². The van der Waals surface area contributed by atoms with Gasteiger partial charge in [-0.2, -0.15) is 0 Å². The van der Waals surface area contributed by atoms with E-state index in [9.17, 15) is 0 Å². The van der Waals surface area contributed by atoms with Crippen LogP contribution in [0.1, 0.15) is 225 Å². The minimum absolute atomic E-state index is 0.259. The average molecular weight is 1670 g/mol. The third-order valence-corrected chi connectivity index (χ3v) is 20.1. The van der Waals surface area contributed by atoms with Crippen LogP contribution in [0, 0.1) is 0 Å². The normalized spacial score (nSPS) is 13.8. The summed E-state index contributed by atoms with van der Waals surface area (Å²) in [6.07, 6.45) is 19.4. The first-order chi connectivity index (χ1) is 57.3. The Morgan fingerprint density at radius 2 is 0.603 bits per heavy atom. The summed E-state index contributed by atoms with van der Waals surface area (Å²) in [6.45, 7) is 26.3. The molecule has 5 aromatic carbocycles. The van der Waals surface area contributed by atoms with Gasteiger partial charge in [0.2, 0.25) is 0 Å². The first kappa shape index (κ1) is 103. The molecule has 3 fully saturated rings. The Hall–Kier alpha value is -10.2. The lowest BCUT2D eigenvalue weighted by Gasteiger charge is -2.26. The van der Waals surface area contributed by atoms with Crippen molar-refractivity contribution in [2.24, 2.45) is 25.0 Å². The fourth-order valence-electron chi connectivity index (χ4n) is 14.4. The Morgan fingerprint density at radius 1 is 0.314 bits per heavy atom. The fraction of sp³-hybridized carbons (Fsp3) is 0.583. The maximum Gasteiger partial charge on any atom is 0.392 e. The third kappa shape index (κ3) is 38.6. The molecule has 8 rings (SSSR count). The smallest absolute Gasteiger partial charge is 0.341 e. The van der Waals surface area contributed by atoms with E-state index in [0.717, 1.165) is 82.1 Å². The number of para-hydroxylation sites is 5. The van der Waals surface area contributed by atoms with Gasteiger partial charge < -0.3 is 37.2 Å². The first-order valence-electron chi connectivity index (χ1n) is 44.4. The van der Waals surface area contributed by atoms with E-state index in [-0.39, 0.29) is 6.04 Å². The van der Waals surface area contributed by atoms with Crippen molar-refractivity contribution in [2.75, 3.05) is 168 Å². The molecule has 3 aliphatic carbocycles. The lowest BCUT2D eigenvalue weighted by molar-refractivity contribution is -0.471. The highest BCUT2D eigenvalue weighted by Crippen LogP contribution is 2.36. The molecule has 0 radical (unpaired) electrons. The van der Waals surface area contributed by atoms with Gasteiger partial charge in [-0.1, -0.05) is 204 Å². The molecule has 25 heteroatoms. The number of nitrogens with one attached hydrogen (secondary N) is 10. The lowest BCUT2D eigenvalue weighted by atomic mass is 9.92. The predicted molar refractivity (Wildman–Crippen MR) is 524 cm³/mol. The fourth-order valence-corrected chi connectivity index (χ4v) is 14.4. The molecular weight excluding hydrogens is 1500 g/mol. The second kappa shape index (κ2) is 54.2. The van der Waals surface area contributed by atoms with Crippen molar-refractivity contribution in [3.8, 4) is 0 Å². The summed E-state index contributed by atoms with van der Waals surface area (Å²) in [5.41, 5.74) is 10.5. The Labute approximate surface area is 733 Å². The zero-order chi connectivity index (χ0) is 90.0. The SMILES string of the molecule is CC(C)N=C(NC(N(C)C)=[N+](C)C)NC(C)C.CC(C)c1cccc(C(C)C)c1NC(=NC(N(C)C)=[N+](C)C)Nc1c(C(C)C)cccc1C(C)C.CN(C)C(N=C(Nc1ccccc1)Nc1ccccc1)=[N+](C)C.CN(C)C(NC(=NC1CCCCC1)NC1CCCCC1)=[N+](C)C.CN(C)C(NC(=NC1CCCCC1)Nc1ccccc1)=[N+](C)C. The maximum absolute atomic E-state index is 5.13. The first-order valence-corrected chi connectivity index (χ1v) is 44.4. The zero-order valence-corrected chi connectivity index (χ0v) is 81.1. The van der Waals surface area contributed by atoms with E-state index in [2.05, 4.69) is 237 Å². The second-order valence-electron chi connectivity index (χ2n) is 35.7. The monoisotopic (exact) mass is 1670 g/mol. The van der Waals surface area contributed by atoms with E-state index in [1.54, 1.807) is 0 Å². The molecule has 10 N–H and O–H groups in total. The van der Waals surface area contributed by atoms with Crippen LogP contribution in [0.25, 0.3) is 0 Å². The van der Waals surface area contributed by atoms with Crippen LogP contribution in [0.3, 0.4) is 0 Å². The van der Waals surface area contributed by atoms with Crippen LogP contribution >= 0.6 is 0 Å². The van der Waals surface area contributed by atoms with Gasteiger partial charge in [0, 0.05) is 46.6 Å². The highest BCUT2D eigenvalue weighted by molar-refractivity contribution is 6.10. The van der Waals surface area contributed by atoms with Gasteiger partial charge in [-0.25, -0.2) is 30.9 Å². The van der Waals surface area contributed by atoms with Crippen molar-refractivity contribution in [3.05, 3.63) is 150 Å². The van der Waals surface area contributed by atoms with E-state index in [1.807, 2.05) is 220 Å². The molecule has 0 saturated heterocycles. The number of nitrogens with zero attached hydrogens (tertiary/aromatic N) is 15. The number of anilines is 5. The highest BCUT2D eigenvalue weighted by Gasteiger charge is 2.27. The van der Waals surface area contributed by atoms with Crippen molar-refractivity contribution in [1.82, 2.24) is 51.1 Å². The number of aliphatic imine (C=N–C) groups is 5. The second-order valence-corrected chi connectivity index (χ2v) is 35.7. The molecule has 0 heterocycles. The highest BCUT2D eigenvalue weighted by atomic mass is 15.4. The van der Waals surface area contributed by atoms with Gasteiger partial charge in [0.25, 0.3) is 29.8 Å². The summed E-state index contributed by atoms with van der Waals surface area (Å²) < 4.78 is 10.2. The van der Waals surface area contributed by atoms with E-state index < -0.39 is 0 Å². The minimum atomic E-state index is 0.259. The molecule has 0 unspecified atom stereocenters. The van der Waals surface area contributed by atoms with Gasteiger partial charge >= 0.3 is 29.8 Å². The molecule has 670 valence electrons. The Bertz CT molecular complexity index is 3990. The number of benzene rings is 5. The molecule has 0 aliphatic heterocycles. The summed E-state index contributed by atoms with van der Waals surface area (Å²) in [5.74, 6) is 10.3. The van der Waals surface area contributed by atoms with Gasteiger partial charge in [0.15, 0.2) is 0 Å². The van der Waals surface area contributed by atoms with Crippen LogP contribution < -0.4 is 53.2 Å². The van der Waals surface area contributed by atoms with E-state index in [4.69, 9.17) is 20.0 Å². The summed E-state index contributed by atoms with van der Waals surface area (Å²) in [5, 5.41) is 35.0. The molecule has 25 nitrogen and oxygen atoms in total. The van der Waals surface area contributed by atoms with E-state index >= 15 is 0 Å². The van der Waals surface area contributed by atoms with Crippen LogP contribution in [0.15, 0.2) is 152 Å². The molecule has 0 bridgehead atoms. The van der Waals surface area contributed by atoms with Gasteiger partial charge in [-0.3, -0.25) is 47.4 Å². The topological polar surface area (TPSA) is 213 Å². The molecule has 0 atom stereocenters. The number of rotatable bonds is 14. The van der Waals surface area contributed by atoms with Crippen molar-refractivity contribution in [2.45, 2.75) is 233 Å². The summed E-state index contributed by atoms with van der Waals surface area (Å²) in [7, 11) is 40.4. The predicted octanol–water partition coefficient (Wildman–Crippen LogP) is 15.5. The van der Waals surface area contributed by atoms with Crippen molar-refractivity contribution in [3.63, 3.8) is 0 Å². The van der Waals surface area contributed by atoms with Gasteiger partial charge in [0.1, 0.15) is 0 Å². The summed E-state index contributed by atoms with van der Waals surface area (Å²) >= 11 is 0. The number of hydrogen-bond acceptors (Lipinski definition) is 3. The van der Waals surface area contributed by atoms with Crippen LogP contribution in [-0.4, -0.2) is 278 Å². The largest absolute Gasteiger partial charge is 0.392 e. The van der Waals surface area contributed by atoms with E-state index in [0.29, 0.717) is 53.8 Å². The molecule has 0 spiro atoms. The Kier molecular flexibility index (Phi) is 46.2. The molecule has 0 aromatic heterocycles. The third-order valence-electron chi connectivity index (χ3n) is 20.1. The Morgan fingerprint density at radius 3 is 0.884 bits per heavy atom. The lowest BCUT2D eigenvalue weighted by Crippen LogP contribution is -2.52.